The summed E-state index contributed by atoms with van der Waals surface area (Å²) in [4.78, 5) is 39.4. The molecule has 0 aliphatic rings. The number of carbonyl (C=O) groups is 3. The van der Waals surface area contributed by atoms with Crippen molar-refractivity contribution < 1.29 is 23.9 Å². The van der Waals surface area contributed by atoms with Gasteiger partial charge in [0.25, 0.3) is 5.91 Å². The van der Waals surface area contributed by atoms with Crippen LogP contribution < -0.4 is 5.32 Å². The summed E-state index contributed by atoms with van der Waals surface area (Å²) in [5, 5.41) is 4.21. The van der Waals surface area contributed by atoms with Gasteiger partial charge in [-0.2, -0.15) is 0 Å². The highest BCUT2D eigenvalue weighted by atomic mass is 32.1. The van der Waals surface area contributed by atoms with Crippen LogP contribution in [0.25, 0.3) is 10.9 Å². The van der Waals surface area contributed by atoms with Crippen LogP contribution >= 0.6 is 11.3 Å². The summed E-state index contributed by atoms with van der Waals surface area (Å²) >= 11 is 1.04. The molecule has 0 radical (unpaired) electrons. The molecule has 1 N–H and O–H groups in total. The first kappa shape index (κ1) is 26.5. The maximum atomic E-state index is 13.6. The highest BCUT2D eigenvalue weighted by Gasteiger charge is 2.29. The van der Waals surface area contributed by atoms with Gasteiger partial charge in [0.05, 0.1) is 18.8 Å². The average molecular weight is 499 g/mol. The number of aromatic nitrogens is 1. The third-order valence-corrected chi connectivity index (χ3v) is 7.09. The molecule has 0 atom stereocenters. The zero-order valence-electron chi connectivity index (χ0n) is 21.5. The summed E-state index contributed by atoms with van der Waals surface area (Å²) in [7, 11) is 0. The molecule has 2 aromatic heterocycles. The molecule has 0 saturated heterocycles. The van der Waals surface area contributed by atoms with Gasteiger partial charge in [0, 0.05) is 17.4 Å². The van der Waals surface area contributed by atoms with Crippen LogP contribution in [-0.2, 0) is 22.4 Å². The van der Waals surface area contributed by atoms with Gasteiger partial charge in [-0.3, -0.25) is 4.79 Å². The number of anilines is 1. The Balaban J connectivity index is 2.06. The van der Waals surface area contributed by atoms with Crippen LogP contribution in [0.15, 0.2) is 18.2 Å². The van der Waals surface area contributed by atoms with Gasteiger partial charge in [-0.25, -0.2) is 9.59 Å². The van der Waals surface area contributed by atoms with Crippen molar-refractivity contribution in [1.29, 1.82) is 0 Å². The molecule has 0 bridgehead atoms. The number of amides is 1. The summed E-state index contributed by atoms with van der Waals surface area (Å²) in [5.41, 5.74) is 4.21. The van der Waals surface area contributed by atoms with Crippen LogP contribution in [0.5, 0.6) is 0 Å². The fourth-order valence-electron chi connectivity index (χ4n) is 4.13. The minimum absolute atomic E-state index is 0.176. The van der Waals surface area contributed by atoms with Crippen molar-refractivity contribution in [3.63, 3.8) is 0 Å². The van der Waals surface area contributed by atoms with Crippen molar-refractivity contribution in [2.75, 3.05) is 18.5 Å². The lowest BCUT2D eigenvalue weighted by atomic mass is 10.1. The van der Waals surface area contributed by atoms with Gasteiger partial charge in [0.15, 0.2) is 0 Å². The van der Waals surface area contributed by atoms with Gasteiger partial charge in [0.2, 0.25) is 0 Å². The quantitative estimate of drug-likeness (QED) is 0.358. The Morgan fingerprint density at radius 1 is 1.03 bits per heavy atom. The Labute approximate surface area is 210 Å². The van der Waals surface area contributed by atoms with Gasteiger partial charge in [-0.1, -0.05) is 26.8 Å². The first-order valence-electron chi connectivity index (χ1n) is 12.0. The molecule has 0 aliphatic carbocycles. The zero-order valence-corrected chi connectivity index (χ0v) is 22.4. The number of rotatable bonds is 9. The van der Waals surface area contributed by atoms with Gasteiger partial charge in [0.1, 0.15) is 15.6 Å². The molecule has 8 heteroatoms. The molecule has 3 rings (SSSR count). The van der Waals surface area contributed by atoms with E-state index in [2.05, 4.69) is 24.4 Å². The van der Waals surface area contributed by atoms with Gasteiger partial charge < -0.3 is 19.4 Å². The topological polar surface area (TPSA) is 86.6 Å². The lowest BCUT2D eigenvalue weighted by molar-refractivity contribution is 0.0464. The number of fused-ring (bicyclic) bond motifs is 1. The largest absolute Gasteiger partial charge is 0.462 e. The summed E-state index contributed by atoms with van der Waals surface area (Å²) in [6.07, 6.45) is 0.904. The Bertz CT molecular complexity index is 1270. The van der Waals surface area contributed by atoms with Gasteiger partial charge >= 0.3 is 11.9 Å². The number of benzene rings is 1. The maximum absolute atomic E-state index is 13.6. The van der Waals surface area contributed by atoms with E-state index in [0.29, 0.717) is 17.8 Å². The van der Waals surface area contributed by atoms with E-state index in [9.17, 15) is 14.4 Å². The van der Waals surface area contributed by atoms with Crippen molar-refractivity contribution in [3.05, 3.63) is 51.0 Å². The summed E-state index contributed by atoms with van der Waals surface area (Å²) < 4.78 is 12.6. The second-order valence-corrected chi connectivity index (χ2v) is 9.87. The van der Waals surface area contributed by atoms with E-state index in [0.717, 1.165) is 34.2 Å². The molecule has 1 aromatic carbocycles. The fourth-order valence-corrected chi connectivity index (χ4v) is 5.21. The average Bonchev–Trinajstić information content (AvgIpc) is 3.30. The van der Waals surface area contributed by atoms with Gasteiger partial charge in [-0.15, -0.1) is 11.3 Å². The van der Waals surface area contributed by atoms with E-state index in [-0.39, 0.29) is 40.5 Å². The molecule has 0 saturated carbocycles. The van der Waals surface area contributed by atoms with Crippen molar-refractivity contribution in [2.24, 2.45) is 5.92 Å². The number of aryl methyl sites for hydroxylation is 3. The molecule has 0 fully saturated rings. The van der Waals surface area contributed by atoms with Crippen LogP contribution in [0.1, 0.15) is 81.8 Å². The number of nitrogens with one attached hydrogen (secondary N) is 1. The number of ether oxygens (including phenoxy) is 2. The smallest absolute Gasteiger partial charge is 0.348 e. The number of carbonyl (C=O) groups excluding carboxylic acids is 3. The highest BCUT2D eigenvalue weighted by Crippen LogP contribution is 2.36. The minimum Gasteiger partial charge on any atom is -0.462 e. The molecule has 2 heterocycles. The lowest BCUT2D eigenvalue weighted by Crippen LogP contribution is -2.19. The van der Waals surface area contributed by atoms with Crippen LogP contribution in [0.3, 0.4) is 0 Å². The van der Waals surface area contributed by atoms with Crippen molar-refractivity contribution >= 4 is 45.1 Å². The molecule has 3 aromatic rings. The van der Waals surface area contributed by atoms with Crippen molar-refractivity contribution in [3.8, 4) is 0 Å². The molecular weight excluding hydrogens is 464 g/mol. The molecule has 35 heavy (non-hydrogen) atoms. The normalized spacial score (nSPS) is 11.2. The van der Waals surface area contributed by atoms with Crippen molar-refractivity contribution in [1.82, 2.24) is 4.57 Å². The Morgan fingerprint density at radius 2 is 1.74 bits per heavy atom. The second kappa shape index (κ2) is 11.1. The van der Waals surface area contributed by atoms with E-state index in [4.69, 9.17) is 9.47 Å². The first-order valence-corrected chi connectivity index (χ1v) is 12.9. The predicted octanol–water partition coefficient (Wildman–Crippen LogP) is 6.14. The molecule has 7 nitrogen and oxygen atoms in total. The van der Waals surface area contributed by atoms with E-state index >= 15 is 0 Å². The SMILES string of the molecule is CCOC(=O)c1c(NC(=O)c2c(C)c3cc(CC)ccc3n2CC)sc(C(=O)OCC(C)C)c1C. The standard InChI is InChI=1S/C27H34N2O5S/c1-8-18-11-12-20-19(13-18)16(6)22(29(20)9-2)24(30)28-25-21(26(31)33-10-3)17(7)23(35-25)27(32)34-14-15(4)5/h11-13,15H,8-10,14H2,1-7H3,(H,28,30). The monoisotopic (exact) mass is 498 g/mol. The second-order valence-electron chi connectivity index (χ2n) is 8.85. The summed E-state index contributed by atoms with van der Waals surface area (Å²) in [5.74, 6) is -1.26. The Morgan fingerprint density at radius 3 is 2.34 bits per heavy atom. The number of thiophene rings is 1. The van der Waals surface area contributed by atoms with Crippen LogP contribution in [0.2, 0.25) is 0 Å². The lowest BCUT2D eigenvalue weighted by Gasteiger charge is -2.10. The third-order valence-electron chi connectivity index (χ3n) is 5.91. The Hall–Kier alpha value is -3.13. The fraction of sp³-hybridized carbons (Fsp3) is 0.444. The third kappa shape index (κ3) is 5.27. The van der Waals surface area contributed by atoms with Crippen LogP contribution in [-0.4, -0.2) is 35.6 Å². The highest BCUT2D eigenvalue weighted by molar-refractivity contribution is 7.18. The van der Waals surface area contributed by atoms with E-state index < -0.39 is 11.9 Å². The van der Waals surface area contributed by atoms with Crippen LogP contribution in [0.4, 0.5) is 5.00 Å². The first-order chi connectivity index (χ1) is 16.6. The number of hydrogen-bond acceptors (Lipinski definition) is 6. The molecular formula is C27H34N2O5S. The Kier molecular flexibility index (Phi) is 8.38. The van der Waals surface area contributed by atoms with Crippen molar-refractivity contribution in [2.45, 2.75) is 61.4 Å². The van der Waals surface area contributed by atoms with E-state index in [1.807, 2.05) is 38.3 Å². The number of esters is 2. The summed E-state index contributed by atoms with van der Waals surface area (Å²) in [6, 6.07) is 6.24. The molecule has 1 amide bonds. The predicted molar refractivity (Wildman–Crippen MR) is 140 cm³/mol. The van der Waals surface area contributed by atoms with Crippen LogP contribution in [0, 0.1) is 19.8 Å². The summed E-state index contributed by atoms with van der Waals surface area (Å²) in [6.45, 7) is 14.4. The number of nitrogens with zero attached hydrogens (tertiary/aromatic N) is 1. The number of hydrogen-bond donors (Lipinski definition) is 1. The zero-order chi connectivity index (χ0) is 25.9. The molecule has 188 valence electrons. The molecule has 0 unspecified atom stereocenters. The molecule has 0 aliphatic heterocycles. The van der Waals surface area contributed by atoms with E-state index in [1.54, 1.807) is 13.8 Å². The van der Waals surface area contributed by atoms with Gasteiger partial charge in [-0.05, 0) is 68.9 Å². The van der Waals surface area contributed by atoms with E-state index in [1.165, 1.54) is 5.56 Å². The molecule has 0 spiro atoms. The minimum atomic E-state index is -0.584. The maximum Gasteiger partial charge on any atom is 0.348 e.